The molecule has 0 saturated carbocycles. The number of anilines is 1. The number of fused-ring (bicyclic) bond motifs is 1. The van der Waals surface area contributed by atoms with Crippen LogP contribution in [0.1, 0.15) is 18.2 Å². The van der Waals surface area contributed by atoms with Gasteiger partial charge in [0.05, 0.1) is 0 Å². The maximum atomic E-state index is 4.61. The lowest BCUT2D eigenvalue weighted by Gasteiger charge is -2.06. The molecule has 3 aromatic rings. The van der Waals surface area contributed by atoms with Crippen LogP contribution >= 0.6 is 23.1 Å². The van der Waals surface area contributed by atoms with E-state index in [1.54, 1.807) is 16.0 Å². The van der Waals surface area contributed by atoms with Gasteiger partial charge in [-0.25, -0.2) is 14.6 Å². The molecule has 3 heterocycles. The van der Waals surface area contributed by atoms with Gasteiger partial charge in [-0.3, -0.25) is 0 Å². The van der Waals surface area contributed by atoms with E-state index in [1.165, 1.54) is 16.6 Å². The molecule has 0 unspecified atom stereocenters. The SMILES string of the molecule is CCCNc1nc(Sc2nnnn2C)c2cc(C)sc2n1. The average molecular weight is 321 g/mol. The van der Waals surface area contributed by atoms with Gasteiger partial charge in [-0.1, -0.05) is 6.92 Å². The van der Waals surface area contributed by atoms with E-state index < -0.39 is 0 Å². The van der Waals surface area contributed by atoms with Crippen molar-refractivity contribution in [3.8, 4) is 0 Å². The minimum Gasteiger partial charge on any atom is -0.354 e. The molecule has 0 aliphatic carbocycles. The zero-order valence-corrected chi connectivity index (χ0v) is 13.6. The molecule has 3 aromatic heterocycles. The van der Waals surface area contributed by atoms with E-state index in [1.807, 2.05) is 7.05 Å². The van der Waals surface area contributed by atoms with Crippen LogP contribution in [0.3, 0.4) is 0 Å². The first-order valence-corrected chi connectivity index (χ1v) is 8.23. The minimum atomic E-state index is 0.656. The summed E-state index contributed by atoms with van der Waals surface area (Å²) in [5, 5.41) is 17.4. The fraction of sp³-hybridized carbons (Fsp3) is 0.417. The van der Waals surface area contributed by atoms with E-state index in [2.05, 4.69) is 50.7 Å². The number of nitrogens with one attached hydrogen (secondary N) is 1. The molecule has 0 spiro atoms. The first-order valence-electron chi connectivity index (χ1n) is 6.59. The van der Waals surface area contributed by atoms with Crippen molar-refractivity contribution in [3.05, 3.63) is 10.9 Å². The number of aromatic nitrogens is 6. The van der Waals surface area contributed by atoms with Crippen LogP contribution < -0.4 is 5.32 Å². The van der Waals surface area contributed by atoms with Gasteiger partial charge in [0.15, 0.2) is 0 Å². The number of aryl methyl sites for hydroxylation is 2. The third kappa shape index (κ3) is 2.98. The lowest BCUT2D eigenvalue weighted by Crippen LogP contribution is -2.04. The van der Waals surface area contributed by atoms with Gasteiger partial charge in [-0.15, -0.1) is 16.4 Å². The largest absolute Gasteiger partial charge is 0.354 e. The highest BCUT2D eigenvalue weighted by Gasteiger charge is 2.14. The molecule has 9 heteroatoms. The Bertz CT molecular complexity index is 764. The zero-order valence-electron chi connectivity index (χ0n) is 12.0. The Labute approximate surface area is 130 Å². The van der Waals surface area contributed by atoms with Crippen molar-refractivity contribution in [3.63, 3.8) is 0 Å². The Morgan fingerprint density at radius 3 is 2.95 bits per heavy atom. The van der Waals surface area contributed by atoms with Crippen LogP contribution in [0.15, 0.2) is 16.2 Å². The minimum absolute atomic E-state index is 0.656. The van der Waals surface area contributed by atoms with Gasteiger partial charge in [-0.2, -0.15) is 0 Å². The Hall–Kier alpha value is -1.74. The van der Waals surface area contributed by atoms with Crippen molar-refractivity contribution in [1.82, 2.24) is 30.2 Å². The predicted octanol–water partition coefficient (Wildman–Crippen LogP) is 2.50. The molecule has 3 rings (SSSR count). The molecule has 0 bridgehead atoms. The summed E-state index contributed by atoms with van der Waals surface area (Å²) in [6.07, 6.45) is 1.03. The highest BCUT2D eigenvalue weighted by Crippen LogP contribution is 2.34. The van der Waals surface area contributed by atoms with Crippen LogP contribution in [-0.4, -0.2) is 36.7 Å². The molecule has 0 atom stereocenters. The number of rotatable bonds is 5. The molecule has 0 aromatic carbocycles. The standard InChI is InChI=1S/C12H15N7S2/c1-4-5-13-11-14-9-8(6-7(2)20-9)10(15-11)21-12-16-17-18-19(12)3/h6H,4-5H2,1-3H3,(H,13,14,15). The van der Waals surface area contributed by atoms with E-state index in [0.717, 1.165) is 28.2 Å². The Morgan fingerprint density at radius 1 is 1.38 bits per heavy atom. The number of hydrogen-bond acceptors (Lipinski definition) is 8. The number of tetrazole rings is 1. The highest BCUT2D eigenvalue weighted by molar-refractivity contribution is 7.99. The molecule has 1 N–H and O–H groups in total. The third-order valence-electron chi connectivity index (χ3n) is 2.78. The summed E-state index contributed by atoms with van der Waals surface area (Å²) in [5.41, 5.74) is 0. The maximum Gasteiger partial charge on any atom is 0.225 e. The Morgan fingerprint density at radius 2 is 2.24 bits per heavy atom. The van der Waals surface area contributed by atoms with E-state index in [-0.39, 0.29) is 0 Å². The second kappa shape index (κ2) is 5.94. The fourth-order valence-electron chi connectivity index (χ4n) is 1.80. The summed E-state index contributed by atoms with van der Waals surface area (Å²) >= 11 is 3.12. The van der Waals surface area contributed by atoms with Crippen LogP contribution in [0.2, 0.25) is 0 Å². The lowest BCUT2D eigenvalue weighted by molar-refractivity contribution is 0.664. The molecule has 110 valence electrons. The van der Waals surface area contributed by atoms with Gasteiger partial charge in [0, 0.05) is 23.9 Å². The summed E-state index contributed by atoms with van der Waals surface area (Å²) in [7, 11) is 1.82. The maximum absolute atomic E-state index is 4.61. The summed E-state index contributed by atoms with van der Waals surface area (Å²) in [6.45, 7) is 5.04. The van der Waals surface area contributed by atoms with Crippen LogP contribution in [-0.2, 0) is 7.05 Å². The molecule has 0 fully saturated rings. The van der Waals surface area contributed by atoms with E-state index in [4.69, 9.17) is 0 Å². The van der Waals surface area contributed by atoms with Gasteiger partial charge < -0.3 is 5.32 Å². The van der Waals surface area contributed by atoms with Crippen molar-refractivity contribution in [1.29, 1.82) is 0 Å². The van der Waals surface area contributed by atoms with Crippen molar-refractivity contribution >= 4 is 39.3 Å². The molecular weight excluding hydrogens is 306 g/mol. The fourth-order valence-corrected chi connectivity index (χ4v) is 3.56. The lowest BCUT2D eigenvalue weighted by atomic mass is 10.4. The first-order chi connectivity index (χ1) is 10.2. The summed E-state index contributed by atoms with van der Waals surface area (Å²) in [6, 6.07) is 2.11. The Kier molecular flexibility index (Phi) is 4.02. The van der Waals surface area contributed by atoms with Crippen molar-refractivity contribution in [2.45, 2.75) is 30.5 Å². The topological polar surface area (TPSA) is 81.4 Å². The van der Waals surface area contributed by atoms with Gasteiger partial charge in [0.1, 0.15) is 9.86 Å². The summed E-state index contributed by atoms with van der Waals surface area (Å²) in [5.74, 6) is 0.656. The van der Waals surface area contributed by atoms with E-state index >= 15 is 0 Å². The molecule has 0 aliphatic rings. The quantitative estimate of drug-likeness (QED) is 0.723. The molecule has 0 radical (unpaired) electrons. The second-order valence-corrected chi connectivity index (χ2v) is 6.73. The van der Waals surface area contributed by atoms with Gasteiger partial charge in [0.2, 0.25) is 11.1 Å². The summed E-state index contributed by atoms with van der Waals surface area (Å²) < 4.78 is 1.64. The number of thiophene rings is 1. The highest BCUT2D eigenvalue weighted by atomic mass is 32.2. The zero-order chi connectivity index (χ0) is 14.8. The number of nitrogens with zero attached hydrogens (tertiary/aromatic N) is 6. The number of hydrogen-bond donors (Lipinski definition) is 1. The normalized spacial score (nSPS) is 11.2. The molecule has 0 saturated heterocycles. The van der Waals surface area contributed by atoms with Crippen LogP contribution in [0, 0.1) is 6.92 Å². The van der Waals surface area contributed by atoms with Crippen molar-refractivity contribution < 1.29 is 0 Å². The molecule has 21 heavy (non-hydrogen) atoms. The molecule has 7 nitrogen and oxygen atoms in total. The van der Waals surface area contributed by atoms with E-state index in [0.29, 0.717) is 11.1 Å². The molecular formula is C12H15N7S2. The molecule has 0 aliphatic heterocycles. The average Bonchev–Trinajstić information content (AvgIpc) is 3.02. The Balaban J connectivity index is 2.03. The second-order valence-electron chi connectivity index (χ2n) is 4.54. The monoisotopic (exact) mass is 321 g/mol. The smallest absolute Gasteiger partial charge is 0.225 e. The van der Waals surface area contributed by atoms with Gasteiger partial charge in [0.25, 0.3) is 0 Å². The van der Waals surface area contributed by atoms with Crippen molar-refractivity contribution in [2.75, 3.05) is 11.9 Å². The van der Waals surface area contributed by atoms with Crippen LogP contribution in [0.4, 0.5) is 5.95 Å². The van der Waals surface area contributed by atoms with E-state index in [9.17, 15) is 0 Å². The predicted molar refractivity (Wildman–Crippen MR) is 83.9 cm³/mol. The first kappa shape index (κ1) is 14.2. The van der Waals surface area contributed by atoms with Crippen molar-refractivity contribution in [2.24, 2.45) is 7.05 Å². The van der Waals surface area contributed by atoms with Gasteiger partial charge in [-0.05, 0) is 41.6 Å². The summed E-state index contributed by atoms with van der Waals surface area (Å²) in [4.78, 5) is 11.4. The third-order valence-corrected chi connectivity index (χ3v) is 4.76. The van der Waals surface area contributed by atoms with Gasteiger partial charge >= 0.3 is 0 Å². The van der Waals surface area contributed by atoms with Crippen LogP contribution in [0.5, 0.6) is 0 Å². The van der Waals surface area contributed by atoms with Crippen LogP contribution in [0.25, 0.3) is 10.2 Å². The molecule has 0 amide bonds.